The van der Waals surface area contributed by atoms with E-state index in [1.54, 1.807) is 24.3 Å². The van der Waals surface area contributed by atoms with E-state index in [1.807, 2.05) is 13.8 Å². The summed E-state index contributed by atoms with van der Waals surface area (Å²) in [5.74, 6) is -1.91. The minimum Gasteiger partial charge on any atom is -0.508 e. The molecule has 1 unspecified atom stereocenters. The molecule has 1 aromatic rings. The Labute approximate surface area is 174 Å². The lowest BCUT2D eigenvalue weighted by Crippen LogP contribution is -2.50. The summed E-state index contributed by atoms with van der Waals surface area (Å²) in [6, 6.07) is 5.77. The number of phenols is 1. The van der Waals surface area contributed by atoms with Crippen molar-refractivity contribution >= 4 is 23.6 Å². The monoisotopic (exact) mass is 420 g/mol. The first-order valence-electron chi connectivity index (χ1n) is 9.74. The highest BCUT2D eigenvalue weighted by molar-refractivity contribution is 5.97. The van der Waals surface area contributed by atoms with Gasteiger partial charge in [-0.25, -0.2) is 0 Å². The van der Waals surface area contributed by atoms with Gasteiger partial charge in [-0.3, -0.25) is 19.2 Å². The summed E-state index contributed by atoms with van der Waals surface area (Å²) in [6.45, 7) is 3.80. The van der Waals surface area contributed by atoms with Crippen LogP contribution in [0.15, 0.2) is 24.3 Å². The van der Waals surface area contributed by atoms with Gasteiger partial charge in [0.25, 0.3) is 11.8 Å². The molecular formula is C20H28N4O6. The van der Waals surface area contributed by atoms with Gasteiger partial charge in [-0.15, -0.1) is 0 Å². The van der Waals surface area contributed by atoms with Crippen LogP contribution in [0.4, 0.5) is 0 Å². The third-order valence-electron chi connectivity index (χ3n) is 4.43. The lowest BCUT2D eigenvalue weighted by Gasteiger charge is -2.19. The molecule has 0 spiro atoms. The molecule has 164 valence electrons. The van der Waals surface area contributed by atoms with Crippen LogP contribution >= 0.6 is 0 Å². The average Bonchev–Trinajstić information content (AvgIpc) is 3.47. The van der Waals surface area contributed by atoms with Gasteiger partial charge in [-0.2, -0.15) is 0 Å². The van der Waals surface area contributed by atoms with Gasteiger partial charge >= 0.3 is 0 Å². The quantitative estimate of drug-likeness (QED) is 0.287. The van der Waals surface area contributed by atoms with E-state index in [2.05, 4.69) is 16.0 Å². The number of epoxide rings is 1. The number of carbonyl (C=O) groups excluding carboxylic acids is 4. The molecule has 1 aliphatic rings. The van der Waals surface area contributed by atoms with Crippen LogP contribution in [0.3, 0.4) is 0 Å². The molecule has 1 aromatic carbocycles. The number of carbonyl (C=O) groups is 4. The second-order valence-electron chi connectivity index (χ2n) is 7.56. The van der Waals surface area contributed by atoms with Crippen molar-refractivity contribution in [2.75, 3.05) is 13.1 Å². The number of hydrogen-bond acceptors (Lipinski definition) is 6. The summed E-state index contributed by atoms with van der Waals surface area (Å²) in [4.78, 5) is 47.6. The number of primary amides is 1. The van der Waals surface area contributed by atoms with E-state index < -0.39 is 41.9 Å². The van der Waals surface area contributed by atoms with Crippen molar-refractivity contribution in [2.45, 2.75) is 44.9 Å². The summed E-state index contributed by atoms with van der Waals surface area (Å²) in [6.07, 6.45) is -0.950. The van der Waals surface area contributed by atoms with Crippen LogP contribution in [0.5, 0.6) is 5.75 Å². The van der Waals surface area contributed by atoms with Crippen LogP contribution in [-0.2, 0) is 30.3 Å². The maximum Gasteiger partial charge on any atom is 0.253 e. The molecule has 2 rings (SSSR count). The maximum atomic E-state index is 12.4. The van der Waals surface area contributed by atoms with E-state index in [0.29, 0.717) is 19.4 Å². The molecule has 0 bridgehead atoms. The number of hydrogen-bond donors (Lipinski definition) is 5. The molecular weight excluding hydrogens is 392 g/mol. The highest BCUT2D eigenvalue weighted by Crippen LogP contribution is 2.23. The molecule has 0 saturated carbocycles. The Morgan fingerprint density at radius 2 is 1.70 bits per heavy atom. The summed E-state index contributed by atoms with van der Waals surface area (Å²) >= 11 is 0. The molecule has 3 atom stereocenters. The fourth-order valence-corrected chi connectivity index (χ4v) is 2.86. The lowest BCUT2D eigenvalue weighted by molar-refractivity contribution is -0.130. The maximum absolute atomic E-state index is 12.4. The first-order valence-corrected chi connectivity index (χ1v) is 9.74. The predicted octanol–water partition coefficient (Wildman–Crippen LogP) is -1.05. The second-order valence-corrected chi connectivity index (χ2v) is 7.56. The minimum absolute atomic E-state index is 0.105. The smallest absolute Gasteiger partial charge is 0.253 e. The van der Waals surface area contributed by atoms with Crippen LogP contribution in [0.25, 0.3) is 0 Å². The fourth-order valence-electron chi connectivity index (χ4n) is 2.86. The Balaban J connectivity index is 1.79. The second kappa shape index (κ2) is 10.6. The summed E-state index contributed by atoms with van der Waals surface area (Å²) in [5.41, 5.74) is 5.96. The molecule has 30 heavy (non-hydrogen) atoms. The highest BCUT2D eigenvalue weighted by Gasteiger charge is 2.50. The van der Waals surface area contributed by atoms with Crippen molar-refractivity contribution in [1.29, 1.82) is 0 Å². The molecule has 1 saturated heterocycles. The summed E-state index contributed by atoms with van der Waals surface area (Å²) in [7, 11) is 0. The molecule has 10 nitrogen and oxygen atoms in total. The molecule has 1 heterocycles. The largest absolute Gasteiger partial charge is 0.508 e. The SMILES string of the molecule is CC(C)C[C@H](NC(=O)C1O[C@@H]1C(=O)NCCc1ccc(O)cc1)C(=O)NCC(N)=O. The molecule has 1 fully saturated rings. The van der Waals surface area contributed by atoms with E-state index >= 15 is 0 Å². The molecule has 1 aliphatic heterocycles. The van der Waals surface area contributed by atoms with Crippen molar-refractivity contribution in [3.63, 3.8) is 0 Å². The Morgan fingerprint density at radius 3 is 2.30 bits per heavy atom. The van der Waals surface area contributed by atoms with E-state index in [-0.39, 0.29) is 18.2 Å². The van der Waals surface area contributed by atoms with Gasteiger partial charge in [0.05, 0.1) is 6.54 Å². The van der Waals surface area contributed by atoms with Gasteiger partial charge in [0, 0.05) is 6.54 Å². The zero-order chi connectivity index (χ0) is 22.3. The molecule has 0 radical (unpaired) electrons. The van der Waals surface area contributed by atoms with E-state index in [1.165, 1.54) is 0 Å². The van der Waals surface area contributed by atoms with Gasteiger partial charge < -0.3 is 31.5 Å². The average molecular weight is 420 g/mol. The zero-order valence-electron chi connectivity index (χ0n) is 17.0. The lowest BCUT2D eigenvalue weighted by atomic mass is 10.0. The van der Waals surface area contributed by atoms with E-state index in [9.17, 15) is 24.3 Å². The van der Waals surface area contributed by atoms with Crippen LogP contribution in [0.1, 0.15) is 25.8 Å². The van der Waals surface area contributed by atoms with Crippen molar-refractivity contribution in [2.24, 2.45) is 11.7 Å². The topological polar surface area (TPSA) is 163 Å². The number of rotatable bonds is 11. The standard InChI is InChI=1S/C20H28N4O6/c1-11(2)9-14(18(27)23-10-15(21)26)24-20(29)17-16(30-17)19(28)22-8-7-12-3-5-13(25)6-4-12/h3-6,11,14,16-17,25H,7-10H2,1-2H3,(H2,21,26)(H,22,28)(H,23,27)(H,24,29)/t14-,16-,17?/m0/s1. The molecule has 4 amide bonds. The third-order valence-corrected chi connectivity index (χ3v) is 4.43. The van der Waals surface area contributed by atoms with Crippen molar-refractivity contribution < 1.29 is 29.0 Å². The highest BCUT2D eigenvalue weighted by atomic mass is 16.6. The number of phenolic OH excluding ortho intramolecular Hbond substituents is 1. The van der Waals surface area contributed by atoms with Crippen molar-refractivity contribution in [1.82, 2.24) is 16.0 Å². The van der Waals surface area contributed by atoms with Gasteiger partial charge in [-0.1, -0.05) is 26.0 Å². The van der Waals surface area contributed by atoms with Gasteiger partial charge in [0.15, 0.2) is 12.2 Å². The van der Waals surface area contributed by atoms with E-state index in [4.69, 9.17) is 10.5 Å². The number of nitrogens with one attached hydrogen (secondary N) is 3. The number of amides is 4. The zero-order valence-corrected chi connectivity index (χ0v) is 17.0. The number of aromatic hydroxyl groups is 1. The van der Waals surface area contributed by atoms with Gasteiger partial charge in [-0.05, 0) is 36.5 Å². The summed E-state index contributed by atoms with van der Waals surface area (Å²) < 4.78 is 5.18. The number of ether oxygens (including phenoxy) is 1. The Kier molecular flexibility index (Phi) is 8.16. The Hall–Kier alpha value is -3.14. The van der Waals surface area contributed by atoms with Crippen LogP contribution in [0, 0.1) is 5.92 Å². The number of nitrogens with two attached hydrogens (primary N) is 1. The van der Waals surface area contributed by atoms with Crippen LogP contribution in [-0.4, -0.2) is 60.1 Å². The minimum atomic E-state index is -0.961. The van der Waals surface area contributed by atoms with Crippen LogP contribution < -0.4 is 21.7 Å². The molecule has 10 heteroatoms. The molecule has 6 N–H and O–H groups in total. The Morgan fingerprint density at radius 1 is 1.07 bits per heavy atom. The summed E-state index contributed by atoms with van der Waals surface area (Å²) in [5, 5.41) is 16.9. The normalized spacial score (nSPS) is 18.4. The third kappa shape index (κ3) is 7.36. The first-order chi connectivity index (χ1) is 14.2. The Bertz CT molecular complexity index is 780. The fraction of sp³-hybridized carbons (Fsp3) is 0.500. The number of benzene rings is 1. The van der Waals surface area contributed by atoms with Gasteiger partial charge in [0.1, 0.15) is 11.8 Å². The van der Waals surface area contributed by atoms with Crippen molar-refractivity contribution in [3.05, 3.63) is 29.8 Å². The predicted molar refractivity (Wildman–Crippen MR) is 107 cm³/mol. The molecule has 0 aromatic heterocycles. The van der Waals surface area contributed by atoms with Gasteiger partial charge in [0.2, 0.25) is 11.8 Å². The van der Waals surface area contributed by atoms with Crippen molar-refractivity contribution in [3.8, 4) is 5.75 Å². The van der Waals surface area contributed by atoms with Crippen LogP contribution in [0.2, 0.25) is 0 Å². The first kappa shape index (κ1) is 23.1. The molecule has 0 aliphatic carbocycles. The van der Waals surface area contributed by atoms with E-state index in [0.717, 1.165) is 5.56 Å².